The van der Waals surface area contributed by atoms with E-state index < -0.39 is 0 Å². The second-order valence-electron chi connectivity index (χ2n) is 4.05. The van der Waals surface area contributed by atoms with Crippen molar-refractivity contribution >= 4 is 5.97 Å². The lowest BCUT2D eigenvalue weighted by Crippen LogP contribution is -2.21. The molecule has 1 fully saturated rings. The Hall–Kier alpha value is -1.35. The Labute approximate surface area is 95.4 Å². The second-order valence-corrected chi connectivity index (χ2v) is 4.05. The zero-order valence-corrected chi connectivity index (χ0v) is 9.39. The summed E-state index contributed by atoms with van der Waals surface area (Å²) in [5.74, 6) is -0.372. The molecule has 0 saturated carbocycles. The summed E-state index contributed by atoms with van der Waals surface area (Å²) in [6, 6.07) is 9.68. The van der Waals surface area contributed by atoms with Gasteiger partial charge in [0.05, 0.1) is 19.1 Å². The molecule has 0 bridgehead atoms. The Kier molecular flexibility index (Phi) is 3.57. The molecule has 1 aromatic carbocycles. The quantitative estimate of drug-likeness (QED) is 0.732. The van der Waals surface area contributed by atoms with Crippen molar-refractivity contribution in [2.75, 3.05) is 13.2 Å². The summed E-state index contributed by atoms with van der Waals surface area (Å²) in [6.45, 7) is 3.10. The van der Waals surface area contributed by atoms with Crippen LogP contribution in [0.25, 0.3) is 0 Å². The van der Waals surface area contributed by atoms with E-state index in [4.69, 9.17) is 9.47 Å². The first kappa shape index (κ1) is 11.1. The highest BCUT2D eigenvalue weighted by molar-refractivity contribution is 5.77. The summed E-state index contributed by atoms with van der Waals surface area (Å²) >= 11 is 0. The van der Waals surface area contributed by atoms with Gasteiger partial charge in [-0.3, -0.25) is 4.79 Å². The summed E-state index contributed by atoms with van der Waals surface area (Å²) in [4.78, 5) is 11.8. The number of benzene rings is 1. The summed E-state index contributed by atoms with van der Waals surface area (Å²) in [5.41, 5.74) is 0.992. The van der Waals surface area contributed by atoms with Gasteiger partial charge in [-0.2, -0.15) is 0 Å². The topological polar surface area (TPSA) is 35.5 Å². The fourth-order valence-electron chi connectivity index (χ4n) is 1.75. The minimum atomic E-state index is -0.207. The van der Waals surface area contributed by atoms with Crippen molar-refractivity contribution in [1.29, 1.82) is 0 Å². The average molecular weight is 220 g/mol. The number of carbonyl (C=O) groups is 1. The van der Waals surface area contributed by atoms with Gasteiger partial charge in [0.25, 0.3) is 0 Å². The molecule has 0 aliphatic carbocycles. The zero-order chi connectivity index (χ0) is 11.4. The lowest BCUT2D eigenvalue weighted by atomic mass is 10.0. The molecule has 0 radical (unpaired) electrons. The normalized spacial score (nSPS) is 21.7. The number of hydrogen-bond donors (Lipinski definition) is 0. The molecule has 0 unspecified atom stereocenters. The molecule has 0 spiro atoms. The van der Waals surface area contributed by atoms with Crippen LogP contribution < -0.4 is 0 Å². The maximum absolute atomic E-state index is 11.8. The summed E-state index contributed by atoms with van der Waals surface area (Å²) in [7, 11) is 0. The van der Waals surface area contributed by atoms with Gasteiger partial charge in [-0.1, -0.05) is 30.3 Å². The molecule has 1 heterocycles. The third kappa shape index (κ3) is 2.61. The molecule has 3 nitrogen and oxygen atoms in total. The molecule has 1 aliphatic heterocycles. The minimum absolute atomic E-state index is 0.0568. The average Bonchev–Trinajstić information content (AvgIpc) is 2.82. The van der Waals surface area contributed by atoms with Gasteiger partial charge in [0, 0.05) is 6.42 Å². The van der Waals surface area contributed by atoms with Gasteiger partial charge >= 0.3 is 5.97 Å². The van der Waals surface area contributed by atoms with Gasteiger partial charge in [-0.05, 0) is 12.5 Å². The predicted octanol–water partition coefficient (Wildman–Crippen LogP) is 2.12. The molecule has 86 valence electrons. The standard InChI is InChI=1S/C13H16O3/c1-10(11-5-3-2-4-6-11)13(14)16-12-7-8-15-9-12/h2-6,10,12H,7-9H2,1H3/t10-,12+/m1/s1. The first-order valence-corrected chi connectivity index (χ1v) is 5.60. The molecule has 16 heavy (non-hydrogen) atoms. The monoisotopic (exact) mass is 220 g/mol. The molecule has 0 aromatic heterocycles. The SMILES string of the molecule is C[C@@H](C(=O)O[C@H]1CCOC1)c1ccccc1. The van der Waals surface area contributed by atoms with Crippen molar-refractivity contribution in [3.8, 4) is 0 Å². The van der Waals surface area contributed by atoms with E-state index in [1.165, 1.54) is 0 Å². The minimum Gasteiger partial charge on any atom is -0.459 e. The van der Waals surface area contributed by atoms with Crippen LogP contribution in [0, 0.1) is 0 Å². The Morgan fingerprint density at radius 3 is 2.81 bits per heavy atom. The fraction of sp³-hybridized carbons (Fsp3) is 0.462. The van der Waals surface area contributed by atoms with E-state index in [1.807, 2.05) is 37.3 Å². The predicted molar refractivity (Wildman–Crippen MR) is 60.2 cm³/mol. The molecule has 3 heteroatoms. The summed E-state index contributed by atoms with van der Waals surface area (Å²) in [6.07, 6.45) is 0.756. The summed E-state index contributed by atoms with van der Waals surface area (Å²) < 4.78 is 10.5. The highest BCUT2D eigenvalue weighted by atomic mass is 16.6. The van der Waals surface area contributed by atoms with Crippen molar-refractivity contribution < 1.29 is 14.3 Å². The van der Waals surface area contributed by atoms with E-state index >= 15 is 0 Å². The van der Waals surface area contributed by atoms with Gasteiger partial charge in [0.2, 0.25) is 0 Å². The third-order valence-corrected chi connectivity index (χ3v) is 2.82. The van der Waals surface area contributed by atoms with Crippen molar-refractivity contribution in [1.82, 2.24) is 0 Å². The fourth-order valence-corrected chi connectivity index (χ4v) is 1.75. The first-order chi connectivity index (χ1) is 7.77. The van der Waals surface area contributed by atoms with E-state index in [-0.39, 0.29) is 18.0 Å². The van der Waals surface area contributed by atoms with Crippen LogP contribution in [0.1, 0.15) is 24.8 Å². The summed E-state index contributed by atoms with van der Waals surface area (Å²) in [5, 5.41) is 0. The van der Waals surface area contributed by atoms with Crippen molar-refractivity contribution in [3.05, 3.63) is 35.9 Å². The number of ether oxygens (including phenoxy) is 2. The van der Waals surface area contributed by atoms with Crippen LogP contribution in [0.3, 0.4) is 0 Å². The largest absolute Gasteiger partial charge is 0.459 e. The van der Waals surface area contributed by atoms with Gasteiger partial charge < -0.3 is 9.47 Å². The molecular formula is C13H16O3. The first-order valence-electron chi connectivity index (χ1n) is 5.60. The molecule has 1 aromatic rings. The van der Waals surface area contributed by atoms with E-state index in [9.17, 15) is 4.79 Å². The highest BCUT2D eigenvalue weighted by Gasteiger charge is 2.23. The Balaban J connectivity index is 1.94. The molecule has 1 aliphatic rings. The molecule has 0 amide bonds. The molecule has 1 saturated heterocycles. The van der Waals surface area contributed by atoms with Gasteiger partial charge in [-0.15, -0.1) is 0 Å². The number of hydrogen-bond acceptors (Lipinski definition) is 3. The Morgan fingerprint density at radius 1 is 1.44 bits per heavy atom. The lowest BCUT2D eigenvalue weighted by Gasteiger charge is -2.15. The Morgan fingerprint density at radius 2 is 2.19 bits per heavy atom. The van der Waals surface area contributed by atoms with Crippen molar-refractivity contribution in [3.63, 3.8) is 0 Å². The lowest BCUT2D eigenvalue weighted by molar-refractivity contribution is -0.150. The third-order valence-electron chi connectivity index (χ3n) is 2.82. The molecule has 0 N–H and O–H groups in total. The molecule has 2 atom stereocenters. The van der Waals surface area contributed by atoms with Gasteiger partial charge in [-0.25, -0.2) is 0 Å². The van der Waals surface area contributed by atoms with Crippen LogP contribution in [-0.2, 0) is 14.3 Å². The highest BCUT2D eigenvalue weighted by Crippen LogP contribution is 2.18. The van der Waals surface area contributed by atoms with E-state index in [0.717, 1.165) is 12.0 Å². The number of carbonyl (C=O) groups excluding carboxylic acids is 1. The smallest absolute Gasteiger partial charge is 0.313 e. The van der Waals surface area contributed by atoms with Crippen molar-refractivity contribution in [2.24, 2.45) is 0 Å². The van der Waals surface area contributed by atoms with E-state index in [0.29, 0.717) is 13.2 Å². The van der Waals surface area contributed by atoms with E-state index in [1.54, 1.807) is 0 Å². The van der Waals surface area contributed by atoms with Crippen molar-refractivity contribution in [2.45, 2.75) is 25.4 Å². The molecule has 2 rings (SSSR count). The molecular weight excluding hydrogens is 204 g/mol. The zero-order valence-electron chi connectivity index (χ0n) is 9.39. The van der Waals surface area contributed by atoms with Crippen LogP contribution in [0.2, 0.25) is 0 Å². The van der Waals surface area contributed by atoms with Gasteiger partial charge in [0.1, 0.15) is 6.10 Å². The number of esters is 1. The second kappa shape index (κ2) is 5.12. The van der Waals surface area contributed by atoms with Gasteiger partial charge in [0.15, 0.2) is 0 Å². The maximum Gasteiger partial charge on any atom is 0.313 e. The van der Waals surface area contributed by atoms with Crippen LogP contribution in [-0.4, -0.2) is 25.3 Å². The number of rotatable bonds is 3. The van der Waals surface area contributed by atoms with E-state index in [2.05, 4.69) is 0 Å². The van der Waals surface area contributed by atoms with Crippen LogP contribution >= 0.6 is 0 Å². The van der Waals surface area contributed by atoms with Crippen LogP contribution in [0.5, 0.6) is 0 Å². The van der Waals surface area contributed by atoms with Crippen LogP contribution in [0.4, 0.5) is 0 Å². The Bertz CT molecular complexity index is 341. The maximum atomic E-state index is 11.8. The van der Waals surface area contributed by atoms with Crippen LogP contribution in [0.15, 0.2) is 30.3 Å².